The highest BCUT2D eigenvalue weighted by Gasteiger charge is 2.19. The monoisotopic (exact) mass is 208 g/mol. The largest absolute Gasteiger partial charge is 0.291 e. The molecule has 1 atom stereocenters. The van der Waals surface area contributed by atoms with Gasteiger partial charge in [-0.05, 0) is 42.0 Å². The fourth-order valence-electron chi connectivity index (χ4n) is 2.18. The lowest BCUT2D eigenvalue weighted by Gasteiger charge is -2.11. The van der Waals surface area contributed by atoms with Gasteiger partial charge in [-0.3, -0.25) is 21.0 Å². The second-order valence-corrected chi connectivity index (χ2v) is 4.10. The van der Waals surface area contributed by atoms with Gasteiger partial charge in [-0.1, -0.05) is 6.92 Å². The zero-order valence-electron chi connectivity index (χ0n) is 9.00. The first kappa shape index (κ1) is 10.3. The first-order valence-corrected chi connectivity index (χ1v) is 5.09. The summed E-state index contributed by atoms with van der Waals surface area (Å²) in [7, 11) is 1.55. The van der Waals surface area contributed by atoms with Gasteiger partial charge >= 0.3 is 0 Å². The van der Waals surface area contributed by atoms with E-state index >= 15 is 0 Å². The van der Waals surface area contributed by atoms with Crippen molar-refractivity contribution in [1.82, 2.24) is 0 Å². The smallest absolute Gasteiger partial charge is 0.0861 e. The van der Waals surface area contributed by atoms with E-state index < -0.39 is 0 Å². The molecule has 0 saturated heterocycles. The molecule has 4 nitrogen and oxygen atoms in total. The van der Waals surface area contributed by atoms with E-state index in [-0.39, 0.29) is 0 Å². The summed E-state index contributed by atoms with van der Waals surface area (Å²) in [5.74, 6) is 0.685. The van der Waals surface area contributed by atoms with E-state index in [0.717, 1.165) is 18.5 Å². The van der Waals surface area contributed by atoms with Gasteiger partial charge in [-0.25, -0.2) is 0 Å². The van der Waals surface area contributed by atoms with Gasteiger partial charge in [0.15, 0.2) is 0 Å². The highest BCUT2D eigenvalue weighted by atomic mass is 16.6. The van der Waals surface area contributed by atoms with E-state index in [2.05, 4.69) is 17.9 Å². The topological polar surface area (TPSA) is 53.5 Å². The molecular formula is C11H16N2O2. The number of fused-ring (bicyclic) bond motifs is 1. The van der Waals surface area contributed by atoms with Gasteiger partial charge in [0, 0.05) is 0 Å². The van der Waals surface area contributed by atoms with Crippen LogP contribution in [0.2, 0.25) is 0 Å². The minimum absolute atomic E-state index is 0.657. The summed E-state index contributed by atoms with van der Waals surface area (Å²) in [5, 5.41) is 9.00. The van der Waals surface area contributed by atoms with Crippen molar-refractivity contribution in [2.24, 2.45) is 5.92 Å². The van der Waals surface area contributed by atoms with Gasteiger partial charge < -0.3 is 0 Å². The molecule has 1 aromatic rings. The summed E-state index contributed by atoms with van der Waals surface area (Å²) >= 11 is 0. The van der Waals surface area contributed by atoms with Crippen molar-refractivity contribution in [3.05, 3.63) is 23.3 Å². The van der Waals surface area contributed by atoms with Crippen molar-refractivity contribution in [3.63, 3.8) is 0 Å². The van der Waals surface area contributed by atoms with Crippen LogP contribution >= 0.6 is 0 Å². The Hall–Kier alpha value is -1.26. The fraction of sp³-hybridized carbons (Fsp3) is 0.455. The minimum atomic E-state index is 0.657. The minimum Gasteiger partial charge on any atom is -0.291 e. The maximum atomic E-state index is 9.00. The van der Waals surface area contributed by atoms with Crippen LogP contribution in [0.5, 0.6) is 0 Å². The number of benzene rings is 1. The molecule has 0 aliphatic heterocycles. The Morgan fingerprint density at radius 2 is 1.87 bits per heavy atom. The first-order valence-electron chi connectivity index (χ1n) is 5.09. The van der Waals surface area contributed by atoms with Crippen LogP contribution in [0.25, 0.3) is 0 Å². The van der Waals surface area contributed by atoms with Crippen LogP contribution in [0.3, 0.4) is 0 Å². The molecule has 4 heteroatoms. The number of rotatable bonds is 3. The molecule has 0 radical (unpaired) electrons. The van der Waals surface area contributed by atoms with Crippen molar-refractivity contribution >= 4 is 11.4 Å². The molecule has 3 N–H and O–H groups in total. The lowest BCUT2D eigenvalue weighted by molar-refractivity contribution is 0.270. The summed E-state index contributed by atoms with van der Waals surface area (Å²) in [6.07, 6.45) is 2.18. The molecule has 1 aliphatic rings. The molecular weight excluding hydrogens is 192 g/mol. The van der Waals surface area contributed by atoms with Gasteiger partial charge in [0.25, 0.3) is 0 Å². The van der Waals surface area contributed by atoms with Crippen LogP contribution in [0.1, 0.15) is 18.1 Å². The van der Waals surface area contributed by atoms with Gasteiger partial charge in [0.05, 0.1) is 18.5 Å². The van der Waals surface area contributed by atoms with Crippen LogP contribution in [0, 0.1) is 5.92 Å². The zero-order valence-corrected chi connectivity index (χ0v) is 9.00. The van der Waals surface area contributed by atoms with Gasteiger partial charge in [-0.2, -0.15) is 0 Å². The predicted octanol–water partition coefficient (Wildman–Crippen LogP) is 2.20. The summed E-state index contributed by atoms with van der Waals surface area (Å²) in [5.41, 5.74) is 9.00. The standard InChI is InChI=1S/C11H16N2O2/c1-7-3-8-5-10(12-14)11(13-15-2)6-9(8)4-7/h5-7,12-14H,3-4H2,1-2H3. The molecule has 1 aromatic carbocycles. The van der Waals surface area contributed by atoms with Crippen LogP contribution < -0.4 is 11.0 Å². The predicted molar refractivity (Wildman–Crippen MR) is 59.1 cm³/mol. The van der Waals surface area contributed by atoms with Crippen LogP contribution in [0.15, 0.2) is 12.1 Å². The van der Waals surface area contributed by atoms with Gasteiger partial charge in [-0.15, -0.1) is 0 Å². The summed E-state index contributed by atoms with van der Waals surface area (Å²) in [6, 6.07) is 4.00. The maximum Gasteiger partial charge on any atom is 0.0861 e. The Bertz CT molecular complexity index is 366. The lowest BCUT2D eigenvalue weighted by atomic mass is 10.1. The Kier molecular flexibility index (Phi) is 2.79. The number of nitrogens with one attached hydrogen (secondary N) is 2. The zero-order chi connectivity index (χ0) is 10.8. The number of hydrogen-bond donors (Lipinski definition) is 3. The molecule has 1 aliphatic carbocycles. The van der Waals surface area contributed by atoms with Crippen LogP contribution in [-0.4, -0.2) is 12.3 Å². The summed E-state index contributed by atoms with van der Waals surface area (Å²) in [4.78, 5) is 4.86. The van der Waals surface area contributed by atoms with E-state index in [1.807, 2.05) is 12.1 Å². The second-order valence-electron chi connectivity index (χ2n) is 4.10. The molecule has 0 amide bonds. The van der Waals surface area contributed by atoms with Crippen LogP contribution in [0.4, 0.5) is 11.4 Å². The molecule has 82 valence electrons. The van der Waals surface area contributed by atoms with E-state index in [4.69, 9.17) is 10.0 Å². The molecule has 0 saturated carbocycles. The average Bonchev–Trinajstić information content (AvgIpc) is 2.56. The third-order valence-corrected chi connectivity index (χ3v) is 2.81. The molecule has 0 heterocycles. The highest BCUT2D eigenvalue weighted by molar-refractivity contribution is 5.70. The fourth-order valence-corrected chi connectivity index (χ4v) is 2.18. The van der Waals surface area contributed by atoms with E-state index in [0.29, 0.717) is 11.6 Å². The third kappa shape index (κ3) is 1.91. The maximum absolute atomic E-state index is 9.00. The Labute approximate surface area is 89.2 Å². The van der Waals surface area contributed by atoms with E-state index in [1.165, 1.54) is 11.1 Å². The Morgan fingerprint density at radius 3 is 2.40 bits per heavy atom. The lowest BCUT2D eigenvalue weighted by Crippen LogP contribution is -2.02. The van der Waals surface area contributed by atoms with Crippen molar-refractivity contribution in [2.75, 3.05) is 18.1 Å². The highest BCUT2D eigenvalue weighted by Crippen LogP contribution is 2.33. The SMILES string of the molecule is CONc1cc2c(cc1NO)CC(C)C2. The van der Waals surface area contributed by atoms with Crippen molar-refractivity contribution in [3.8, 4) is 0 Å². The summed E-state index contributed by atoms with van der Waals surface area (Å²) < 4.78 is 0. The van der Waals surface area contributed by atoms with Crippen molar-refractivity contribution < 1.29 is 10.0 Å². The molecule has 2 rings (SSSR count). The third-order valence-electron chi connectivity index (χ3n) is 2.81. The Balaban J connectivity index is 2.36. The van der Waals surface area contributed by atoms with Gasteiger partial charge in [0.1, 0.15) is 0 Å². The first-order chi connectivity index (χ1) is 7.24. The molecule has 0 spiro atoms. The normalized spacial score (nSPS) is 18.7. The van der Waals surface area contributed by atoms with Crippen LogP contribution in [-0.2, 0) is 17.7 Å². The molecule has 15 heavy (non-hydrogen) atoms. The molecule has 1 unspecified atom stereocenters. The molecule has 0 aromatic heterocycles. The molecule has 0 bridgehead atoms. The quantitative estimate of drug-likeness (QED) is 0.666. The Morgan fingerprint density at radius 1 is 1.27 bits per heavy atom. The van der Waals surface area contributed by atoms with Crippen molar-refractivity contribution in [2.45, 2.75) is 19.8 Å². The molecule has 0 fully saturated rings. The average molecular weight is 208 g/mol. The van der Waals surface area contributed by atoms with E-state index in [9.17, 15) is 0 Å². The number of hydrogen-bond acceptors (Lipinski definition) is 4. The second kappa shape index (κ2) is 4.08. The van der Waals surface area contributed by atoms with E-state index in [1.54, 1.807) is 7.11 Å². The number of anilines is 2. The van der Waals surface area contributed by atoms with Gasteiger partial charge in [0.2, 0.25) is 0 Å². The summed E-state index contributed by atoms with van der Waals surface area (Å²) in [6.45, 7) is 2.23. The van der Waals surface area contributed by atoms with Crippen molar-refractivity contribution in [1.29, 1.82) is 0 Å².